The topological polar surface area (TPSA) is 0 Å². The molecule has 0 bridgehead atoms. The Bertz CT molecular complexity index is 174. The second-order valence-corrected chi connectivity index (χ2v) is 3.37. The van der Waals surface area contributed by atoms with Crippen molar-refractivity contribution in [1.82, 2.24) is 0 Å². The van der Waals surface area contributed by atoms with Crippen LogP contribution < -0.4 is 0 Å². The molecular formula is C12H20. The molecule has 0 amide bonds. The van der Waals surface area contributed by atoms with Crippen molar-refractivity contribution in [1.29, 1.82) is 0 Å². The molecule has 0 aliphatic heterocycles. The van der Waals surface area contributed by atoms with Gasteiger partial charge in [0.15, 0.2) is 0 Å². The van der Waals surface area contributed by atoms with E-state index < -0.39 is 0 Å². The Kier molecular flexibility index (Phi) is 5.44. The van der Waals surface area contributed by atoms with Crippen LogP contribution in [0.1, 0.15) is 33.6 Å². The van der Waals surface area contributed by atoms with Gasteiger partial charge in [0.2, 0.25) is 0 Å². The zero-order valence-electron chi connectivity index (χ0n) is 8.51. The molecule has 0 saturated carbocycles. The van der Waals surface area contributed by atoms with Gasteiger partial charge in [-0.15, -0.1) is 6.58 Å². The predicted octanol–water partition coefficient (Wildman–Crippen LogP) is 4.11. The zero-order valence-corrected chi connectivity index (χ0v) is 8.51. The minimum atomic E-state index is 0.276. The van der Waals surface area contributed by atoms with E-state index in [2.05, 4.69) is 38.7 Å². The first-order valence-corrected chi connectivity index (χ1v) is 4.60. The Morgan fingerprint density at radius 2 is 2.00 bits per heavy atom. The SMILES string of the molecule is C=CC(C)(CC)CC=CC=CC. The van der Waals surface area contributed by atoms with Crippen molar-refractivity contribution in [2.45, 2.75) is 33.6 Å². The largest absolute Gasteiger partial charge is 0.103 e. The normalized spacial score (nSPS) is 16.9. The maximum Gasteiger partial charge on any atom is -0.0117 e. The lowest BCUT2D eigenvalue weighted by Crippen LogP contribution is -2.09. The Morgan fingerprint density at radius 3 is 2.42 bits per heavy atom. The molecule has 0 aliphatic carbocycles. The molecule has 0 rings (SSSR count). The average molecular weight is 164 g/mol. The van der Waals surface area contributed by atoms with Crippen LogP contribution in [0.15, 0.2) is 37.0 Å². The molecule has 1 atom stereocenters. The average Bonchev–Trinajstić information content (AvgIpc) is 2.12. The molecule has 0 spiro atoms. The highest BCUT2D eigenvalue weighted by molar-refractivity contribution is 5.05. The predicted molar refractivity (Wildman–Crippen MR) is 57.2 cm³/mol. The van der Waals surface area contributed by atoms with Gasteiger partial charge in [0.05, 0.1) is 0 Å². The molecule has 0 radical (unpaired) electrons. The maximum atomic E-state index is 3.85. The van der Waals surface area contributed by atoms with Gasteiger partial charge in [-0.05, 0) is 25.2 Å². The number of allylic oxidation sites excluding steroid dienone is 5. The summed E-state index contributed by atoms with van der Waals surface area (Å²) in [6.45, 7) is 10.3. The lowest BCUT2D eigenvalue weighted by Gasteiger charge is -2.21. The first-order valence-electron chi connectivity index (χ1n) is 4.60. The first kappa shape index (κ1) is 11.2. The van der Waals surface area contributed by atoms with Crippen molar-refractivity contribution in [2.75, 3.05) is 0 Å². The summed E-state index contributed by atoms with van der Waals surface area (Å²) in [6.07, 6.45) is 12.7. The van der Waals surface area contributed by atoms with Crippen LogP contribution in [-0.4, -0.2) is 0 Å². The van der Waals surface area contributed by atoms with Crippen LogP contribution in [0, 0.1) is 5.41 Å². The monoisotopic (exact) mass is 164 g/mol. The molecule has 1 unspecified atom stereocenters. The Morgan fingerprint density at radius 1 is 1.33 bits per heavy atom. The Hall–Kier alpha value is -0.780. The van der Waals surface area contributed by atoms with Crippen LogP contribution in [0.3, 0.4) is 0 Å². The smallest absolute Gasteiger partial charge is 0.0117 e. The number of rotatable bonds is 5. The van der Waals surface area contributed by atoms with E-state index in [4.69, 9.17) is 0 Å². The van der Waals surface area contributed by atoms with Crippen molar-refractivity contribution in [3.63, 3.8) is 0 Å². The fraction of sp³-hybridized carbons (Fsp3) is 0.500. The van der Waals surface area contributed by atoms with Gasteiger partial charge in [0.25, 0.3) is 0 Å². The summed E-state index contributed by atoms with van der Waals surface area (Å²) in [5.41, 5.74) is 0.276. The van der Waals surface area contributed by atoms with Crippen molar-refractivity contribution in [3.05, 3.63) is 37.0 Å². The van der Waals surface area contributed by atoms with Gasteiger partial charge in [-0.25, -0.2) is 0 Å². The van der Waals surface area contributed by atoms with Gasteiger partial charge < -0.3 is 0 Å². The van der Waals surface area contributed by atoms with Crippen LogP contribution in [0.2, 0.25) is 0 Å². The highest BCUT2D eigenvalue weighted by atomic mass is 14.2. The first-order chi connectivity index (χ1) is 5.68. The molecule has 0 heterocycles. The van der Waals surface area contributed by atoms with Gasteiger partial charge in [-0.1, -0.05) is 44.2 Å². The molecular weight excluding hydrogens is 144 g/mol. The summed E-state index contributed by atoms with van der Waals surface area (Å²) in [7, 11) is 0. The van der Waals surface area contributed by atoms with E-state index >= 15 is 0 Å². The molecule has 0 fully saturated rings. The van der Waals surface area contributed by atoms with Crippen molar-refractivity contribution < 1.29 is 0 Å². The van der Waals surface area contributed by atoms with Crippen molar-refractivity contribution in [3.8, 4) is 0 Å². The van der Waals surface area contributed by atoms with Gasteiger partial charge in [-0.3, -0.25) is 0 Å². The zero-order chi connectivity index (χ0) is 9.45. The third-order valence-corrected chi connectivity index (χ3v) is 2.32. The van der Waals surface area contributed by atoms with Crippen LogP contribution in [0.25, 0.3) is 0 Å². The fourth-order valence-electron chi connectivity index (χ4n) is 0.899. The number of hydrogen-bond donors (Lipinski definition) is 0. The van der Waals surface area contributed by atoms with Crippen LogP contribution in [-0.2, 0) is 0 Å². The summed E-state index contributed by atoms with van der Waals surface area (Å²) in [6, 6.07) is 0. The third-order valence-electron chi connectivity index (χ3n) is 2.32. The molecule has 0 saturated heterocycles. The van der Waals surface area contributed by atoms with E-state index in [1.54, 1.807) is 0 Å². The molecule has 0 aromatic heterocycles. The standard InChI is InChI=1S/C12H20/c1-5-8-9-10-11-12(4,6-2)7-3/h5-6,8-10H,2,7,11H2,1,3-4H3. The molecule has 0 aromatic carbocycles. The van der Waals surface area contributed by atoms with Gasteiger partial charge in [0.1, 0.15) is 0 Å². The highest BCUT2D eigenvalue weighted by Crippen LogP contribution is 2.26. The quantitative estimate of drug-likeness (QED) is 0.423. The lowest BCUT2D eigenvalue weighted by molar-refractivity contribution is 0.418. The molecule has 68 valence electrons. The molecule has 0 N–H and O–H groups in total. The van der Waals surface area contributed by atoms with Crippen LogP contribution in [0.5, 0.6) is 0 Å². The maximum absolute atomic E-state index is 3.85. The molecule has 0 aromatic rings. The molecule has 0 aliphatic rings. The van der Waals surface area contributed by atoms with E-state index in [0.717, 1.165) is 12.8 Å². The number of hydrogen-bond acceptors (Lipinski definition) is 0. The summed E-state index contributed by atoms with van der Waals surface area (Å²) in [4.78, 5) is 0. The van der Waals surface area contributed by atoms with Gasteiger partial charge in [-0.2, -0.15) is 0 Å². The molecule has 12 heavy (non-hydrogen) atoms. The minimum Gasteiger partial charge on any atom is -0.103 e. The fourth-order valence-corrected chi connectivity index (χ4v) is 0.899. The van der Waals surface area contributed by atoms with E-state index in [1.165, 1.54) is 0 Å². The summed E-state index contributed by atoms with van der Waals surface area (Å²) < 4.78 is 0. The van der Waals surface area contributed by atoms with Gasteiger partial charge >= 0.3 is 0 Å². The van der Waals surface area contributed by atoms with E-state index in [0.29, 0.717) is 0 Å². The Balaban J connectivity index is 3.96. The highest BCUT2D eigenvalue weighted by Gasteiger charge is 2.14. The second-order valence-electron chi connectivity index (χ2n) is 3.37. The van der Waals surface area contributed by atoms with Crippen molar-refractivity contribution in [2.24, 2.45) is 5.41 Å². The molecule has 0 heteroatoms. The van der Waals surface area contributed by atoms with Crippen LogP contribution in [0.4, 0.5) is 0 Å². The van der Waals surface area contributed by atoms with E-state index in [-0.39, 0.29) is 5.41 Å². The lowest BCUT2D eigenvalue weighted by atomic mass is 9.84. The van der Waals surface area contributed by atoms with Crippen LogP contribution >= 0.6 is 0 Å². The minimum absolute atomic E-state index is 0.276. The summed E-state index contributed by atoms with van der Waals surface area (Å²) in [5.74, 6) is 0. The van der Waals surface area contributed by atoms with E-state index in [9.17, 15) is 0 Å². The van der Waals surface area contributed by atoms with Gasteiger partial charge in [0, 0.05) is 0 Å². The van der Waals surface area contributed by atoms with E-state index in [1.807, 2.05) is 19.1 Å². The Labute approximate surface area is 76.7 Å². The molecule has 0 nitrogen and oxygen atoms in total. The third kappa shape index (κ3) is 4.17. The van der Waals surface area contributed by atoms with Crippen molar-refractivity contribution >= 4 is 0 Å². The summed E-state index contributed by atoms with van der Waals surface area (Å²) in [5, 5.41) is 0. The summed E-state index contributed by atoms with van der Waals surface area (Å²) >= 11 is 0. The second kappa shape index (κ2) is 5.82.